The van der Waals surface area contributed by atoms with E-state index in [0.717, 1.165) is 16.3 Å². The summed E-state index contributed by atoms with van der Waals surface area (Å²) in [6.45, 7) is 1.65. The Kier molecular flexibility index (Phi) is 4.81. The van der Waals surface area contributed by atoms with E-state index in [1.54, 1.807) is 13.0 Å². The van der Waals surface area contributed by atoms with Crippen molar-refractivity contribution in [1.82, 2.24) is 14.8 Å². The van der Waals surface area contributed by atoms with E-state index in [1.165, 1.54) is 28.8 Å². The molecule has 0 unspecified atom stereocenters. The van der Waals surface area contributed by atoms with Crippen LogP contribution in [-0.2, 0) is 4.79 Å². The van der Waals surface area contributed by atoms with Crippen molar-refractivity contribution >= 4 is 34.2 Å². The van der Waals surface area contributed by atoms with Crippen molar-refractivity contribution in [2.75, 3.05) is 0 Å². The van der Waals surface area contributed by atoms with Crippen LogP contribution in [0.1, 0.15) is 11.4 Å². The van der Waals surface area contributed by atoms with Gasteiger partial charge in [0.25, 0.3) is 5.69 Å². The van der Waals surface area contributed by atoms with Crippen LogP contribution >= 0.6 is 0 Å². The first-order chi connectivity index (χ1) is 14.5. The minimum Gasteiger partial charge on any atom is -0.477 e. The van der Waals surface area contributed by atoms with Gasteiger partial charge in [-0.3, -0.25) is 14.7 Å². The second-order valence-corrected chi connectivity index (χ2v) is 6.61. The van der Waals surface area contributed by atoms with Gasteiger partial charge in [-0.25, -0.2) is 4.79 Å². The van der Waals surface area contributed by atoms with Crippen molar-refractivity contribution in [1.29, 1.82) is 0 Å². The maximum absolute atomic E-state index is 12.2. The Bertz CT molecular complexity index is 1300. The number of benzene rings is 3. The number of hydrogen-bond acceptors (Lipinski definition) is 5. The van der Waals surface area contributed by atoms with Gasteiger partial charge in [-0.1, -0.05) is 42.5 Å². The molecule has 0 aliphatic rings. The monoisotopic (exact) mass is 400 g/mol. The van der Waals surface area contributed by atoms with Crippen LogP contribution in [0.2, 0.25) is 0 Å². The molecule has 4 rings (SSSR count). The summed E-state index contributed by atoms with van der Waals surface area (Å²) in [7, 11) is 0. The molecule has 0 fully saturated rings. The fourth-order valence-corrected chi connectivity index (χ4v) is 3.32. The number of nitrogens with zero attached hydrogens (tertiary/aromatic N) is 4. The summed E-state index contributed by atoms with van der Waals surface area (Å²) in [5, 5.41) is 30.9. The van der Waals surface area contributed by atoms with Crippen molar-refractivity contribution < 1.29 is 14.8 Å². The lowest BCUT2D eigenvalue weighted by Crippen LogP contribution is -2.11. The van der Waals surface area contributed by atoms with E-state index in [0.29, 0.717) is 11.4 Å². The van der Waals surface area contributed by atoms with E-state index in [1.807, 2.05) is 42.5 Å². The first kappa shape index (κ1) is 19.0. The maximum atomic E-state index is 12.2. The number of fused-ring (bicyclic) bond motifs is 1. The van der Waals surface area contributed by atoms with Gasteiger partial charge in [0, 0.05) is 17.7 Å². The molecule has 0 saturated heterocycles. The van der Waals surface area contributed by atoms with Crippen molar-refractivity contribution in [3.05, 3.63) is 88.2 Å². The average molecular weight is 400 g/mol. The summed E-state index contributed by atoms with van der Waals surface area (Å²) in [6.07, 6.45) is 1.58. The number of non-ortho nitro benzene ring substituents is 1. The molecule has 8 nitrogen and oxygen atoms in total. The Morgan fingerprint density at radius 1 is 1.03 bits per heavy atom. The van der Waals surface area contributed by atoms with Gasteiger partial charge in [0.2, 0.25) is 0 Å². The lowest BCUT2D eigenvalue weighted by molar-refractivity contribution is -0.384. The van der Waals surface area contributed by atoms with Crippen LogP contribution < -0.4 is 0 Å². The van der Waals surface area contributed by atoms with E-state index in [4.69, 9.17) is 0 Å². The molecule has 1 heterocycles. The molecule has 30 heavy (non-hydrogen) atoms. The fourth-order valence-electron chi connectivity index (χ4n) is 3.32. The number of carboxylic acids is 1. The molecule has 0 amide bonds. The number of aromatic nitrogens is 3. The van der Waals surface area contributed by atoms with Crippen molar-refractivity contribution in [3.8, 4) is 11.4 Å². The Hall–Kier alpha value is -4.33. The molecule has 148 valence electrons. The van der Waals surface area contributed by atoms with Crippen LogP contribution in [-0.4, -0.2) is 30.8 Å². The van der Waals surface area contributed by atoms with Crippen LogP contribution in [0.15, 0.2) is 66.7 Å². The van der Waals surface area contributed by atoms with Gasteiger partial charge in [0.05, 0.1) is 4.92 Å². The highest BCUT2D eigenvalue weighted by Gasteiger charge is 2.20. The average Bonchev–Trinajstić information content (AvgIpc) is 3.13. The smallest absolute Gasteiger partial charge is 0.352 e. The van der Waals surface area contributed by atoms with Crippen molar-refractivity contribution in [3.63, 3.8) is 0 Å². The Morgan fingerprint density at radius 3 is 2.43 bits per heavy atom. The number of nitro groups is 1. The zero-order chi connectivity index (χ0) is 21.3. The summed E-state index contributed by atoms with van der Waals surface area (Å²) < 4.78 is 1.44. The van der Waals surface area contributed by atoms with E-state index < -0.39 is 10.9 Å². The van der Waals surface area contributed by atoms with Crippen molar-refractivity contribution in [2.45, 2.75) is 6.92 Å². The second-order valence-electron chi connectivity index (χ2n) is 6.61. The minimum absolute atomic E-state index is 0.0257. The zero-order valence-electron chi connectivity index (χ0n) is 15.9. The predicted molar refractivity (Wildman–Crippen MR) is 113 cm³/mol. The van der Waals surface area contributed by atoms with Crippen LogP contribution in [0.5, 0.6) is 0 Å². The lowest BCUT2D eigenvalue weighted by atomic mass is 10.0. The largest absolute Gasteiger partial charge is 0.477 e. The highest BCUT2D eigenvalue weighted by Crippen LogP contribution is 2.27. The molecule has 1 aromatic heterocycles. The van der Waals surface area contributed by atoms with Crippen LogP contribution in [0.4, 0.5) is 5.69 Å². The molecule has 0 saturated carbocycles. The standard InChI is InChI=1S/C22H16N4O4/c1-14-23-24-21(16-9-11-18(12-10-16)26(29)30)25(14)20(22(27)28)13-17-7-4-6-15-5-2-3-8-19(15)17/h2-13H,1H3,(H,27,28)/b20-13-. The zero-order valence-corrected chi connectivity index (χ0v) is 15.9. The SMILES string of the molecule is Cc1nnc(-c2ccc([N+](=O)[O-])cc2)n1/C(=C\c1cccc2ccccc12)C(=O)O. The Balaban J connectivity index is 1.89. The van der Waals surface area contributed by atoms with Gasteiger partial charge in [-0.15, -0.1) is 10.2 Å². The normalized spacial score (nSPS) is 11.6. The first-order valence-electron chi connectivity index (χ1n) is 9.05. The quantitative estimate of drug-likeness (QED) is 0.302. The number of rotatable bonds is 5. The van der Waals surface area contributed by atoms with Crippen LogP contribution in [0, 0.1) is 17.0 Å². The number of carboxylic acid groups (broad SMARTS) is 1. The first-order valence-corrected chi connectivity index (χ1v) is 9.05. The van der Waals surface area contributed by atoms with Gasteiger partial charge in [0.1, 0.15) is 11.5 Å². The highest BCUT2D eigenvalue weighted by atomic mass is 16.6. The molecule has 4 aromatic rings. The molecule has 8 heteroatoms. The third-order valence-electron chi connectivity index (χ3n) is 4.74. The molecule has 0 bridgehead atoms. The van der Waals surface area contributed by atoms with E-state index in [-0.39, 0.29) is 17.2 Å². The molecule has 0 aliphatic carbocycles. The molecule has 0 radical (unpaired) electrons. The van der Waals surface area contributed by atoms with Gasteiger partial charge >= 0.3 is 5.97 Å². The lowest BCUT2D eigenvalue weighted by Gasteiger charge is -2.11. The van der Waals surface area contributed by atoms with E-state index in [2.05, 4.69) is 10.2 Å². The third-order valence-corrected chi connectivity index (χ3v) is 4.74. The van der Waals surface area contributed by atoms with E-state index in [9.17, 15) is 20.0 Å². The maximum Gasteiger partial charge on any atom is 0.352 e. The summed E-state index contributed by atoms with van der Waals surface area (Å²) in [5.74, 6) is -0.470. The summed E-state index contributed by atoms with van der Waals surface area (Å²) in [4.78, 5) is 22.6. The molecule has 0 aliphatic heterocycles. The number of hydrogen-bond donors (Lipinski definition) is 1. The van der Waals surface area contributed by atoms with Gasteiger partial charge in [0.15, 0.2) is 5.82 Å². The van der Waals surface area contributed by atoms with Gasteiger partial charge in [-0.2, -0.15) is 0 Å². The predicted octanol–water partition coefficient (Wildman–Crippen LogP) is 4.40. The van der Waals surface area contributed by atoms with Crippen LogP contribution in [0.3, 0.4) is 0 Å². The molecule has 0 atom stereocenters. The number of nitro benzene ring substituents is 1. The van der Waals surface area contributed by atoms with Crippen molar-refractivity contribution in [2.24, 2.45) is 0 Å². The number of aryl methyl sites for hydroxylation is 1. The topological polar surface area (TPSA) is 111 Å². The minimum atomic E-state index is -1.14. The molecule has 3 aromatic carbocycles. The van der Waals surface area contributed by atoms with Gasteiger partial charge < -0.3 is 5.11 Å². The number of aliphatic carboxylic acids is 1. The number of carbonyl (C=O) groups is 1. The molecular formula is C22H16N4O4. The summed E-state index contributed by atoms with van der Waals surface area (Å²) >= 11 is 0. The molecule has 1 N–H and O–H groups in total. The van der Waals surface area contributed by atoms with E-state index >= 15 is 0 Å². The molecule has 0 spiro atoms. The Morgan fingerprint density at radius 2 is 1.73 bits per heavy atom. The highest BCUT2D eigenvalue weighted by molar-refractivity contribution is 6.16. The Labute approximate surface area is 170 Å². The summed E-state index contributed by atoms with van der Waals surface area (Å²) in [6, 6.07) is 19.1. The summed E-state index contributed by atoms with van der Waals surface area (Å²) in [5.41, 5.74) is 1.17. The van der Waals surface area contributed by atoms with Crippen LogP contribution in [0.25, 0.3) is 33.9 Å². The third kappa shape index (κ3) is 3.42. The molecular weight excluding hydrogens is 384 g/mol. The van der Waals surface area contributed by atoms with Gasteiger partial charge in [-0.05, 0) is 41.5 Å². The fraction of sp³-hybridized carbons (Fsp3) is 0.0455. The second kappa shape index (κ2) is 7.59.